The van der Waals surface area contributed by atoms with Gasteiger partial charge in [-0.05, 0) is 50.2 Å². The van der Waals surface area contributed by atoms with Gasteiger partial charge in [-0.25, -0.2) is 4.68 Å². The number of carbonyl (C=O) groups excluding carboxylic acids is 1. The summed E-state index contributed by atoms with van der Waals surface area (Å²) < 4.78 is 7.63. The first kappa shape index (κ1) is 18.8. The van der Waals surface area contributed by atoms with Crippen LogP contribution < -0.4 is 10.6 Å². The molecule has 3 aromatic heterocycles. The topological polar surface area (TPSA) is 97.9 Å². The SMILES string of the molecule is CC1=C(C(=O)Nc2ccccc2)C(c2ccc(C)o2)n2nc(-c3ccncc3)nc2N1. The summed E-state index contributed by atoms with van der Waals surface area (Å²) in [6, 6.07) is 16.2. The Balaban J connectivity index is 1.59. The van der Waals surface area contributed by atoms with E-state index in [-0.39, 0.29) is 5.91 Å². The maximum atomic E-state index is 13.3. The van der Waals surface area contributed by atoms with E-state index in [0.717, 1.165) is 11.3 Å². The molecule has 1 aromatic carbocycles. The monoisotopic (exact) mass is 412 g/mol. The number of pyridine rings is 1. The number of para-hydroxylation sites is 1. The Bertz CT molecular complexity index is 1270. The van der Waals surface area contributed by atoms with Gasteiger partial charge in [-0.15, -0.1) is 5.10 Å². The number of anilines is 2. The molecular weight excluding hydrogens is 392 g/mol. The van der Waals surface area contributed by atoms with Gasteiger partial charge in [0.15, 0.2) is 5.82 Å². The number of carbonyl (C=O) groups is 1. The fourth-order valence-corrected chi connectivity index (χ4v) is 3.65. The van der Waals surface area contributed by atoms with Crippen LogP contribution in [0.25, 0.3) is 11.4 Å². The molecule has 0 radical (unpaired) electrons. The molecule has 4 heterocycles. The number of aromatic nitrogens is 4. The van der Waals surface area contributed by atoms with Gasteiger partial charge >= 0.3 is 0 Å². The van der Waals surface area contributed by atoms with E-state index in [4.69, 9.17) is 9.52 Å². The molecule has 5 rings (SSSR count). The fraction of sp³-hybridized carbons (Fsp3) is 0.130. The Labute approximate surface area is 178 Å². The Kier molecular flexibility index (Phi) is 4.59. The summed E-state index contributed by atoms with van der Waals surface area (Å²) in [5, 5.41) is 10.9. The lowest BCUT2D eigenvalue weighted by Crippen LogP contribution is -2.31. The van der Waals surface area contributed by atoms with Gasteiger partial charge in [0.2, 0.25) is 5.95 Å². The molecule has 8 heteroatoms. The zero-order valence-corrected chi connectivity index (χ0v) is 17.0. The van der Waals surface area contributed by atoms with E-state index >= 15 is 0 Å². The third kappa shape index (κ3) is 3.48. The van der Waals surface area contributed by atoms with Crippen molar-refractivity contribution in [3.63, 3.8) is 0 Å². The van der Waals surface area contributed by atoms with Crippen LogP contribution in [0, 0.1) is 6.92 Å². The van der Waals surface area contributed by atoms with Crippen molar-refractivity contribution in [2.75, 3.05) is 10.6 Å². The van der Waals surface area contributed by atoms with Gasteiger partial charge in [-0.3, -0.25) is 9.78 Å². The highest BCUT2D eigenvalue weighted by molar-refractivity contribution is 6.05. The van der Waals surface area contributed by atoms with E-state index in [1.54, 1.807) is 17.1 Å². The van der Waals surface area contributed by atoms with Crippen LogP contribution >= 0.6 is 0 Å². The van der Waals surface area contributed by atoms with E-state index in [1.165, 1.54) is 0 Å². The number of aryl methyl sites for hydroxylation is 1. The molecule has 1 amide bonds. The average molecular weight is 412 g/mol. The maximum Gasteiger partial charge on any atom is 0.256 e. The van der Waals surface area contributed by atoms with Crippen LogP contribution in [0.2, 0.25) is 0 Å². The summed E-state index contributed by atoms with van der Waals surface area (Å²) in [4.78, 5) is 22.0. The largest absolute Gasteiger partial charge is 0.464 e. The predicted molar refractivity (Wildman–Crippen MR) is 116 cm³/mol. The van der Waals surface area contributed by atoms with Gasteiger partial charge in [0.05, 0.1) is 5.57 Å². The third-order valence-corrected chi connectivity index (χ3v) is 5.10. The molecule has 0 fully saturated rings. The van der Waals surface area contributed by atoms with Gasteiger partial charge in [0, 0.05) is 29.3 Å². The number of benzene rings is 1. The number of hydrogen-bond acceptors (Lipinski definition) is 6. The summed E-state index contributed by atoms with van der Waals surface area (Å²) in [7, 11) is 0. The van der Waals surface area contributed by atoms with Crippen LogP contribution in [0.15, 0.2) is 82.7 Å². The highest BCUT2D eigenvalue weighted by Crippen LogP contribution is 2.37. The third-order valence-electron chi connectivity index (χ3n) is 5.10. The number of fused-ring (bicyclic) bond motifs is 1. The van der Waals surface area contributed by atoms with Crippen molar-refractivity contribution in [3.8, 4) is 11.4 Å². The molecule has 1 aliphatic rings. The summed E-state index contributed by atoms with van der Waals surface area (Å²) in [6.45, 7) is 3.72. The van der Waals surface area contributed by atoms with Crippen molar-refractivity contribution in [3.05, 3.63) is 89.8 Å². The number of nitrogens with zero attached hydrogens (tertiary/aromatic N) is 4. The first-order valence-electron chi connectivity index (χ1n) is 9.87. The molecule has 0 saturated carbocycles. The second kappa shape index (κ2) is 7.56. The van der Waals surface area contributed by atoms with Crippen LogP contribution in [0.4, 0.5) is 11.6 Å². The van der Waals surface area contributed by atoms with Crippen molar-refractivity contribution in [1.29, 1.82) is 0 Å². The Morgan fingerprint density at radius 3 is 2.55 bits per heavy atom. The van der Waals surface area contributed by atoms with Crippen LogP contribution in [0.1, 0.15) is 24.5 Å². The van der Waals surface area contributed by atoms with Gasteiger partial charge in [-0.1, -0.05) is 18.2 Å². The number of allylic oxidation sites excluding steroid dienone is 1. The quantitative estimate of drug-likeness (QED) is 0.522. The van der Waals surface area contributed by atoms with Gasteiger partial charge in [0.1, 0.15) is 17.6 Å². The van der Waals surface area contributed by atoms with Crippen molar-refractivity contribution in [2.24, 2.45) is 0 Å². The van der Waals surface area contributed by atoms with E-state index in [0.29, 0.717) is 34.5 Å². The highest BCUT2D eigenvalue weighted by atomic mass is 16.3. The fourth-order valence-electron chi connectivity index (χ4n) is 3.65. The van der Waals surface area contributed by atoms with Crippen LogP contribution in [-0.4, -0.2) is 25.7 Å². The first-order chi connectivity index (χ1) is 15.1. The summed E-state index contributed by atoms with van der Waals surface area (Å²) in [5.74, 6) is 2.21. The van der Waals surface area contributed by atoms with Crippen LogP contribution in [-0.2, 0) is 4.79 Å². The zero-order valence-electron chi connectivity index (χ0n) is 17.0. The van der Waals surface area contributed by atoms with Crippen LogP contribution in [0.5, 0.6) is 0 Å². The second-order valence-corrected chi connectivity index (χ2v) is 7.27. The molecule has 31 heavy (non-hydrogen) atoms. The molecule has 154 valence electrons. The van der Waals surface area contributed by atoms with Gasteiger partial charge in [-0.2, -0.15) is 4.98 Å². The molecule has 2 N–H and O–H groups in total. The Hall–Kier alpha value is -4.20. The number of hydrogen-bond donors (Lipinski definition) is 2. The van der Waals surface area contributed by atoms with Gasteiger partial charge in [0.25, 0.3) is 5.91 Å². The number of amides is 1. The normalized spacial score (nSPS) is 15.4. The first-order valence-corrected chi connectivity index (χ1v) is 9.87. The number of rotatable bonds is 4. The molecule has 1 aliphatic heterocycles. The molecule has 4 aromatic rings. The maximum absolute atomic E-state index is 13.3. The van der Waals surface area contributed by atoms with Crippen molar-refractivity contribution >= 4 is 17.5 Å². The Morgan fingerprint density at radius 2 is 1.84 bits per heavy atom. The van der Waals surface area contributed by atoms with E-state index < -0.39 is 6.04 Å². The summed E-state index contributed by atoms with van der Waals surface area (Å²) in [5.41, 5.74) is 2.75. The molecule has 0 bridgehead atoms. The molecule has 1 unspecified atom stereocenters. The minimum absolute atomic E-state index is 0.234. The number of furan rings is 1. The molecule has 0 saturated heterocycles. The predicted octanol–water partition coefficient (Wildman–Crippen LogP) is 4.17. The minimum Gasteiger partial charge on any atom is -0.464 e. The molecule has 0 spiro atoms. The summed E-state index contributed by atoms with van der Waals surface area (Å²) in [6.07, 6.45) is 3.39. The van der Waals surface area contributed by atoms with Crippen LogP contribution in [0.3, 0.4) is 0 Å². The Morgan fingerprint density at radius 1 is 1.06 bits per heavy atom. The molecule has 0 aliphatic carbocycles. The average Bonchev–Trinajstić information content (AvgIpc) is 3.40. The molecule has 1 atom stereocenters. The highest BCUT2D eigenvalue weighted by Gasteiger charge is 2.36. The van der Waals surface area contributed by atoms with E-state index in [2.05, 4.69) is 20.6 Å². The van der Waals surface area contributed by atoms with E-state index in [9.17, 15) is 4.79 Å². The lowest BCUT2D eigenvalue weighted by molar-refractivity contribution is -0.113. The molecular formula is C23H20N6O2. The number of nitrogens with one attached hydrogen (secondary N) is 2. The minimum atomic E-state index is -0.559. The zero-order chi connectivity index (χ0) is 21.4. The second-order valence-electron chi connectivity index (χ2n) is 7.27. The standard InChI is InChI=1S/C23H20N6O2/c1-14-8-9-18(31-14)20-19(22(30)26-17-6-4-3-5-7-17)15(2)25-23-27-21(28-29(20)23)16-10-12-24-13-11-16/h3-13,20H,1-2H3,(H,26,30)(H,25,27,28). The summed E-state index contributed by atoms with van der Waals surface area (Å²) >= 11 is 0. The van der Waals surface area contributed by atoms with Crippen molar-refractivity contribution in [1.82, 2.24) is 19.7 Å². The van der Waals surface area contributed by atoms with Gasteiger partial charge < -0.3 is 15.1 Å². The van der Waals surface area contributed by atoms with E-state index in [1.807, 2.05) is 68.4 Å². The van der Waals surface area contributed by atoms with Crippen molar-refractivity contribution in [2.45, 2.75) is 19.9 Å². The lowest BCUT2D eigenvalue weighted by atomic mass is 10.00. The van der Waals surface area contributed by atoms with Crippen molar-refractivity contribution < 1.29 is 9.21 Å². The smallest absolute Gasteiger partial charge is 0.256 e. The lowest BCUT2D eigenvalue weighted by Gasteiger charge is -2.27. The molecule has 8 nitrogen and oxygen atoms in total.